The molecule has 0 radical (unpaired) electrons. The molecule has 0 aromatic heterocycles. The Bertz CT molecular complexity index is 261. The molecule has 0 saturated heterocycles. The molecule has 1 N–H and O–H groups in total. The fourth-order valence-corrected chi connectivity index (χ4v) is 1.68. The predicted octanol–water partition coefficient (Wildman–Crippen LogP) is 2.17. The number of hydrogen-bond acceptors (Lipinski definition) is 2. The zero-order valence-corrected chi connectivity index (χ0v) is 9.69. The Labute approximate surface area is 120 Å². The monoisotopic (exact) mass is 236 g/mol. The van der Waals surface area contributed by atoms with Crippen LogP contribution in [-0.4, -0.2) is 46.7 Å². The fraction of sp³-hybridized carbons (Fsp3) is 0.750. The third-order valence-electron chi connectivity index (χ3n) is 2.76. The van der Waals surface area contributed by atoms with Gasteiger partial charge in [-0.1, -0.05) is 20.8 Å². The molecule has 1 aliphatic rings. The number of rotatable bonds is 4. The molecule has 0 aromatic carbocycles. The second kappa shape index (κ2) is 7.36. The first kappa shape index (κ1) is 16.0. The van der Waals surface area contributed by atoms with E-state index in [0.717, 1.165) is 25.0 Å². The molecule has 2 atom stereocenters. The molecular formula is C12H21NaO3. The number of aliphatic carboxylic acids is 1. The normalized spacial score (nSPS) is 22.0. The van der Waals surface area contributed by atoms with E-state index in [1.54, 1.807) is 0 Å². The molecule has 4 heteroatoms. The van der Waals surface area contributed by atoms with E-state index >= 15 is 0 Å². The summed E-state index contributed by atoms with van der Waals surface area (Å²) < 4.78 is 5.52. The van der Waals surface area contributed by atoms with E-state index in [-0.39, 0.29) is 35.5 Å². The number of ether oxygens (including phenoxy) is 1. The summed E-state index contributed by atoms with van der Waals surface area (Å²) in [6.07, 6.45) is 4.30. The van der Waals surface area contributed by atoms with Crippen molar-refractivity contribution in [1.82, 2.24) is 0 Å². The van der Waals surface area contributed by atoms with Crippen LogP contribution in [0, 0.1) is 11.8 Å². The molecular weight excluding hydrogens is 215 g/mol. The number of carbonyl (C=O) groups is 1. The van der Waals surface area contributed by atoms with E-state index in [2.05, 4.69) is 6.92 Å². The van der Waals surface area contributed by atoms with Crippen LogP contribution in [0.3, 0.4) is 0 Å². The van der Waals surface area contributed by atoms with Gasteiger partial charge >= 0.3 is 35.5 Å². The van der Waals surface area contributed by atoms with Crippen LogP contribution in [0.25, 0.3) is 0 Å². The van der Waals surface area contributed by atoms with Gasteiger partial charge in [-0.05, 0) is 24.8 Å². The van der Waals surface area contributed by atoms with Crippen molar-refractivity contribution >= 4 is 35.5 Å². The maximum absolute atomic E-state index is 10.9. The van der Waals surface area contributed by atoms with Gasteiger partial charge in [0.05, 0.1) is 5.76 Å². The van der Waals surface area contributed by atoms with Crippen LogP contribution in [0.1, 0.15) is 40.0 Å². The van der Waals surface area contributed by atoms with E-state index in [0.29, 0.717) is 5.92 Å². The van der Waals surface area contributed by atoms with E-state index < -0.39 is 12.1 Å². The van der Waals surface area contributed by atoms with Crippen LogP contribution >= 0.6 is 0 Å². The van der Waals surface area contributed by atoms with Gasteiger partial charge in [-0.3, -0.25) is 0 Å². The van der Waals surface area contributed by atoms with Crippen LogP contribution in [-0.2, 0) is 9.53 Å². The summed E-state index contributed by atoms with van der Waals surface area (Å²) in [7, 11) is 0. The predicted molar refractivity (Wildman–Crippen MR) is 65.6 cm³/mol. The first-order valence-corrected chi connectivity index (χ1v) is 5.59. The summed E-state index contributed by atoms with van der Waals surface area (Å²) in [5.74, 6) is 0.682. The molecule has 0 saturated carbocycles. The third-order valence-corrected chi connectivity index (χ3v) is 2.76. The second-order valence-corrected chi connectivity index (χ2v) is 4.67. The summed E-state index contributed by atoms with van der Waals surface area (Å²) in [6.45, 7) is 5.93. The summed E-state index contributed by atoms with van der Waals surface area (Å²) in [4.78, 5) is 10.9. The summed E-state index contributed by atoms with van der Waals surface area (Å²) in [5.41, 5.74) is 0. The molecule has 2 unspecified atom stereocenters. The van der Waals surface area contributed by atoms with Gasteiger partial charge in [-0.15, -0.1) is 0 Å². The van der Waals surface area contributed by atoms with Crippen molar-refractivity contribution in [2.24, 2.45) is 11.8 Å². The quantitative estimate of drug-likeness (QED) is 0.761. The number of hydrogen-bond donors (Lipinski definition) is 1. The molecule has 0 aromatic rings. The molecule has 0 heterocycles. The van der Waals surface area contributed by atoms with Gasteiger partial charge in [-0.2, -0.15) is 0 Å². The molecule has 1 aliphatic carbocycles. The van der Waals surface area contributed by atoms with Gasteiger partial charge in [0.2, 0.25) is 0 Å². The van der Waals surface area contributed by atoms with E-state index in [1.165, 1.54) is 0 Å². The van der Waals surface area contributed by atoms with Crippen LogP contribution in [0.5, 0.6) is 0 Å². The maximum atomic E-state index is 10.9. The topological polar surface area (TPSA) is 46.5 Å². The van der Waals surface area contributed by atoms with E-state index in [1.807, 2.05) is 19.9 Å². The Morgan fingerprint density at radius 2 is 2.19 bits per heavy atom. The standard InChI is InChI=1S/C12H20O3.Na.H/c1-8(2)11(12(13)14)15-10-6-4-9(3)5-7-10;;/h6,8-9,11H,4-5,7H2,1-3H3,(H,13,14);;. The van der Waals surface area contributed by atoms with Crippen LogP contribution < -0.4 is 0 Å². The Balaban J connectivity index is 0.00000225. The van der Waals surface area contributed by atoms with Crippen molar-refractivity contribution in [1.29, 1.82) is 0 Å². The van der Waals surface area contributed by atoms with Crippen LogP contribution in [0.15, 0.2) is 11.8 Å². The molecule has 0 spiro atoms. The molecule has 88 valence electrons. The van der Waals surface area contributed by atoms with Gasteiger partial charge in [0.15, 0.2) is 6.10 Å². The van der Waals surface area contributed by atoms with Crippen molar-refractivity contribution in [2.45, 2.75) is 46.1 Å². The van der Waals surface area contributed by atoms with Crippen molar-refractivity contribution in [3.63, 3.8) is 0 Å². The first-order valence-electron chi connectivity index (χ1n) is 5.59. The first-order chi connectivity index (χ1) is 7.00. The van der Waals surface area contributed by atoms with Crippen molar-refractivity contribution in [3.8, 4) is 0 Å². The minimum atomic E-state index is -0.871. The van der Waals surface area contributed by atoms with Crippen molar-refractivity contribution in [3.05, 3.63) is 11.8 Å². The zero-order valence-electron chi connectivity index (χ0n) is 9.69. The molecule has 0 amide bonds. The molecule has 0 fully saturated rings. The minimum absolute atomic E-state index is 0. The van der Waals surface area contributed by atoms with Crippen molar-refractivity contribution in [2.75, 3.05) is 0 Å². The second-order valence-electron chi connectivity index (χ2n) is 4.67. The molecule has 1 rings (SSSR count). The van der Waals surface area contributed by atoms with Crippen molar-refractivity contribution < 1.29 is 14.6 Å². The van der Waals surface area contributed by atoms with Gasteiger partial charge in [0, 0.05) is 12.3 Å². The average Bonchev–Trinajstić information content (AvgIpc) is 2.15. The number of allylic oxidation sites excluding steroid dienone is 2. The van der Waals surface area contributed by atoms with Crippen LogP contribution in [0.4, 0.5) is 0 Å². The Hall–Kier alpha value is 0.0100. The Morgan fingerprint density at radius 3 is 2.56 bits per heavy atom. The number of carboxylic acids is 1. The third kappa shape index (κ3) is 4.89. The Morgan fingerprint density at radius 1 is 1.56 bits per heavy atom. The van der Waals surface area contributed by atoms with Gasteiger partial charge < -0.3 is 9.84 Å². The molecule has 0 bridgehead atoms. The summed E-state index contributed by atoms with van der Waals surface area (Å²) >= 11 is 0. The SMILES string of the molecule is CC1CC=C(OC(C(=O)O)C(C)C)CC1.[NaH]. The zero-order chi connectivity index (χ0) is 11.4. The van der Waals surface area contributed by atoms with Gasteiger partial charge in [0.25, 0.3) is 0 Å². The average molecular weight is 236 g/mol. The van der Waals surface area contributed by atoms with E-state index in [4.69, 9.17) is 9.84 Å². The fourth-order valence-electron chi connectivity index (χ4n) is 1.68. The molecule has 3 nitrogen and oxygen atoms in total. The van der Waals surface area contributed by atoms with Gasteiger partial charge in [-0.25, -0.2) is 4.79 Å². The molecule has 0 aliphatic heterocycles. The van der Waals surface area contributed by atoms with Gasteiger partial charge in [0.1, 0.15) is 0 Å². The molecule has 16 heavy (non-hydrogen) atoms. The van der Waals surface area contributed by atoms with Crippen LogP contribution in [0.2, 0.25) is 0 Å². The van der Waals surface area contributed by atoms with E-state index in [9.17, 15) is 4.79 Å². The Kier molecular flexibility index (Phi) is 7.36. The number of carboxylic acid groups (broad SMARTS) is 1. The summed E-state index contributed by atoms with van der Waals surface area (Å²) in [6, 6.07) is 0. The summed E-state index contributed by atoms with van der Waals surface area (Å²) in [5, 5.41) is 8.97.